The second kappa shape index (κ2) is 14.1. The Balaban J connectivity index is 1.37. The van der Waals surface area contributed by atoms with Gasteiger partial charge in [0, 0.05) is 36.2 Å². The number of nitrogens with zero attached hydrogens (tertiary/aromatic N) is 5. The summed E-state index contributed by atoms with van der Waals surface area (Å²) in [6.07, 6.45) is 3.47. The molecule has 2 amide bonds. The van der Waals surface area contributed by atoms with Crippen LogP contribution in [-0.2, 0) is 37.1 Å². The minimum atomic E-state index is -1.50. The number of fused-ring (bicyclic) bond motifs is 2. The summed E-state index contributed by atoms with van der Waals surface area (Å²) < 4.78 is 4.06. The minimum absolute atomic E-state index is 0.000351. The van der Waals surface area contributed by atoms with E-state index < -0.39 is 47.0 Å². The number of aryl methyl sites for hydroxylation is 1. The van der Waals surface area contributed by atoms with Gasteiger partial charge in [0.2, 0.25) is 11.6 Å². The number of anilines is 1. The highest BCUT2D eigenvalue weighted by atomic mass is 35.5. The van der Waals surface area contributed by atoms with Crippen LogP contribution < -0.4 is 26.0 Å². The van der Waals surface area contributed by atoms with Crippen molar-refractivity contribution in [1.29, 1.82) is 0 Å². The zero-order valence-electron chi connectivity index (χ0n) is 24.8. The van der Waals surface area contributed by atoms with Crippen molar-refractivity contribution >= 4 is 80.3 Å². The van der Waals surface area contributed by atoms with E-state index in [1.54, 1.807) is 6.92 Å². The zero-order valence-corrected chi connectivity index (χ0v) is 27.2. The molecular formula is C28H31ClN8O7S2. The van der Waals surface area contributed by atoms with E-state index >= 15 is 0 Å². The Labute approximate surface area is 276 Å². The molecule has 2 aliphatic heterocycles. The average molecular weight is 691 g/mol. The topological polar surface area (TPSA) is 208 Å². The van der Waals surface area contributed by atoms with Gasteiger partial charge >= 0.3 is 5.97 Å². The molecule has 18 heteroatoms. The summed E-state index contributed by atoms with van der Waals surface area (Å²) in [4.78, 5) is 60.8. The Morgan fingerprint density at radius 2 is 2.15 bits per heavy atom. The average Bonchev–Trinajstić information content (AvgIpc) is 3.59. The summed E-state index contributed by atoms with van der Waals surface area (Å²) in [6.45, 7) is 3.45. The van der Waals surface area contributed by atoms with E-state index in [1.807, 2.05) is 42.2 Å². The fourth-order valence-corrected chi connectivity index (χ4v) is 7.51. The van der Waals surface area contributed by atoms with Crippen LogP contribution in [0.25, 0.3) is 11.0 Å². The second-order valence-corrected chi connectivity index (χ2v) is 13.2. The molecule has 5 N–H and O–H groups in total. The number of carboxylic acids is 2. The quantitative estimate of drug-likeness (QED) is 0.0578. The lowest BCUT2D eigenvalue weighted by molar-refractivity contribution is -0.663. The molecule has 3 atom stereocenters. The number of β-lactam (4-membered cyclic amide) rings is 1. The molecule has 3 aromatic heterocycles. The van der Waals surface area contributed by atoms with E-state index in [4.69, 9.17) is 22.2 Å². The first-order valence-corrected chi connectivity index (χ1v) is 16.5. The van der Waals surface area contributed by atoms with E-state index in [0.717, 1.165) is 46.8 Å². The van der Waals surface area contributed by atoms with Gasteiger partial charge in [0.1, 0.15) is 27.0 Å². The highest BCUT2D eigenvalue weighted by Gasteiger charge is 2.53. The number of hydrogen-bond donors (Lipinski definition) is 4. The number of rotatable bonds is 14. The molecule has 2 aliphatic rings. The molecule has 0 bridgehead atoms. The van der Waals surface area contributed by atoms with Crippen LogP contribution in [0.1, 0.15) is 25.5 Å². The van der Waals surface area contributed by atoms with E-state index in [1.165, 1.54) is 11.8 Å². The van der Waals surface area contributed by atoms with Gasteiger partial charge in [-0.3, -0.25) is 14.5 Å². The smallest absolute Gasteiger partial charge is 0.347 e. The molecule has 0 saturated carbocycles. The number of amides is 2. The number of aliphatic carboxylic acids is 2. The summed E-state index contributed by atoms with van der Waals surface area (Å²) in [5.41, 5.74) is 7.25. The number of aromatic nitrogens is 3. The van der Waals surface area contributed by atoms with Crippen molar-refractivity contribution in [3.63, 3.8) is 0 Å². The number of halogens is 1. The van der Waals surface area contributed by atoms with Gasteiger partial charge in [0.25, 0.3) is 11.8 Å². The normalized spacial score (nSPS) is 18.7. The number of nitrogens with two attached hydrogens (primary N) is 1. The molecule has 1 fully saturated rings. The van der Waals surface area contributed by atoms with Crippen LogP contribution in [0.5, 0.6) is 0 Å². The largest absolute Gasteiger partial charge is 0.543 e. The maximum Gasteiger partial charge on any atom is 0.347 e. The fraction of sp³-hybridized carbons (Fsp3) is 0.393. The van der Waals surface area contributed by atoms with Crippen LogP contribution in [0.4, 0.5) is 5.13 Å². The van der Waals surface area contributed by atoms with Gasteiger partial charge in [-0.15, -0.1) is 11.8 Å². The van der Waals surface area contributed by atoms with Crippen LogP contribution in [0.3, 0.4) is 0 Å². The number of nitrogen functional groups attached to an aromatic ring is 1. The van der Waals surface area contributed by atoms with E-state index in [-0.39, 0.29) is 39.6 Å². The van der Waals surface area contributed by atoms with Gasteiger partial charge in [-0.2, -0.15) is 4.57 Å². The third-order valence-corrected chi connectivity index (χ3v) is 9.91. The summed E-state index contributed by atoms with van der Waals surface area (Å²) in [7, 11) is 1.90. The van der Waals surface area contributed by atoms with Crippen molar-refractivity contribution in [2.45, 2.75) is 50.4 Å². The summed E-state index contributed by atoms with van der Waals surface area (Å²) >= 11 is 8.35. The number of carbonyl (C=O) groups is 4. The lowest BCUT2D eigenvalue weighted by atomic mass is 10.0. The predicted octanol–water partition coefficient (Wildman–Crippen LogP) is -0.0816. The maximum absolute atomic E-state index is 13.4. The van der Waals surface area contributed by atoms with Gasteiger partial charge in [-0.05, 0) is 32.5 Å². The maximum atomic E-state index is 13.4. The number of thiazole rings is 1. The molecule has 0 aliphatic carbocycles. The Hall–Kier alpha value is -4.19. The molecule has 15 nitrogen and oxygen atoms in total. The first-order valence-electron chi connectivity index (χ1n) is 14.2. The molecule has 0 aromatic carbocycles. The molecule has 3 aromatic rings. The summed E-state index contributed by atoms with van der Waals surface area (Å²) in [5, 5.41) is 30.4. The fourth-order valence-electron chi connectivity index (χ4n) is 5.25. The highest BCUT2D eigenvalue weighted by Crippen LogP contribution is 2.40. The molecular weight excluding hydrogens is 660 g/mol. The standard InChI is InChI=1S/C28H31ClN8O7S2/c1-3-17(26(40)41)44-34-19(18-22(29)46-28(30)33-18)23(38)32-20-24(39)37-21(27(42)43)14(13-45-25(20)37)12-36-9-4-6-15-16(36)7-11-35(15)10-5-8-31-2/h4,6-7,9,11,17,20,25,31H,3,5,8,10,12-13H2,1-2H3,(H4-,30,32,33,38,40,41,42,43)/b34-19-/t17-,20?,25?/m1/s1. The lowest BCUT2D eigenvalue weighted by Crippen LogP contribution is -2.71. The minimum Gasteiger partial charge on any atom is -0.543 e. The van der Waals surface area contributed by atoms with Crippen molar-refractivity contribution in [3.8, 4) is 0 Å². The molecule has 5 rings (SSSR count). The van der Waals surface area contributed by atoms with Crippen LogP contribution in [0, 0.1) is 0 Å². The van der Waals surface area contributed by atoms with Crippen LogP contribution in [0.15, 0.2) is 47.0 Å². The molecule has 0 radical (unpaired) electrons. The number of hydrogen-bond acceptors (Lipinski definition) is 12. The first kappa shape index (κ1) is 33.2. The van der Waals surface area contributed by atoms with E-state index in [9.17, 15) is 29.4 Å². The van der Waals surface area contributed by atoms with Crippen LogP contribution in [0.2, 0.25) is 4.34 Å². The van der Waals surface area contributed by atoms with Crippen molar-refractivity contribution in [2.24, 2.45) is 5.16 Å². The van der Waals surface area contributed by atoms with Crippen molar-refractivity contribution in [3.05, 3.63) is 51.9 Å². The molecule has 5 heterocycles. The van der Waals surface area contributed by atoms with Crippen molar-refractivity contribution in [2.75, 3.05) is 25.1 Å². The van der Waals surface area contributed by atoms with Gasteiger partial charge in [0.05, 0.1) is 11.7 Å². The Morgan fingerprint density at radius 1 is 1.37 bits per heavy atom. The van der Waals surface area contributed by atoms with Crippen LogP contribution in [-0.4, -0.2) is 85.9 Å². The molecule has 244 valence electrons. The van der Waals surface area contributed by atoms with Gasteiger partial charge in [0.15, 0.2) is 23.6 Å². The number of carbonyl (C=O) groups excluding carboxylic acids is 3. The summed E-state index contributed by atoms with van der Waals surface area (Å²) in [5.74, 6) is -4.15. The van der Waals surface area contributed by atoms with Gasteiger partial charge in [-0.25, -0.2) is 9.78 Å². The molecule has 0 spiro atoms. The third kappa shape index (κ3) is 6.53. The number of carboxylic acid groups (broad SMARTS) is 2. The monoisotopic (exact) mass is 690 g/mol. The van der Waals surface area contributed by atoms with Gasteiger partial charge in [-0.1, -0.05) is 35.0 Å². The van der Waals surface area contributed by atoms with E-state index in [2.05, 4.69) is 25.3 Å². The lowest BCUT2D eigenvalue weighted by Gasteiger charge is -2.50. The molecule has 1 saturated heterocycles. The Kier molecular flexibility index (Phi) is 10.1. The number of oxime groups is 1. The van der Waals surface area contributed by atoms with Gasteiger partial charge < -0.3 is 40.8 Å². The van der Waals surface area contributed by atoms with Crippen LogP contribution >= 0.6 is 34.7 Å². The van der Waals surface area contributed by atoms with Crippen molar-refractivity contribution < 1.29 is 38.8 Å². The molecule has 2 unspecified atom stereocenters. The SMILES string of the molecule is CC[C@@H](O/N=C(\C(=O)NC1C(=O)N2C(C(=O)[O-])=C(C[n+]3cccc4c3ccn4CCCNC)CSC12)c1nc(N)sc1Cl)C(=O)O. The summed E-state index contributed by atoms with van der Waals surface area (Å²) in [6, 6.07) is 4.73. The number of thioether (sulfide) groups is 1. The highest BCUT2D eigenvalue weighted by molar-refractivity contribution is 8.00. The second-order valence-electron chi connectivity index (χ2n) is 10.4. The van der Waals surface area contributed by atoms with E-state index in [0.29, 0.717) is 5.57 Å². The zero-order chi connectivity index (χ0) is 33.1. The third-order valence-electron chi connectivity index (χ3n) is 7.49. The predicted molar refractivity (Wildman–Crippen MR) is 169 cm³/mol. The number of pyridine rings is 1. The molecule has 46 heavy (non-hydrogen) atoms. The Bertz CT molecular complexity index is 1760. The van der Waals surface area contributed by atoms with Crippen molar-refractivity contribution in [1.82, 2.24) is 25.1 Å². The first-order chi connectivity index (χ1) is 22.0. The Morgan fingerprint density at radius 3 is 2.80 bits per heavy atom. The number of nitrogens with one attached hydrogen (secondary N) is 2.